The molecule has 1 saturated heterocycles. The highest BCUT2D eigenvalue weighted by Crippen LogP contribution is 2.12. The maximum atomic E-state index is 5.65. The molecule has 1 fully saturated rings. The summed E-state index contributed by atoms with van der Waals surface area (Å²) in [5, 5.41) is 3.37. The van der Waals surface area contributed by atoms with Crippen LogP contribution in [0.2, 0.25) is 0 Å². The van der Waals surface area contributed by atoms with Crippen LogP contribution in [0.5, 0.6) is 0 Å². The van der Waals surface area contributed by atoms with E-state index in [2.05, 4.69) is 55.4 Å². The van der Waals surface area contributed by atoms with Crippen molar-refractivity contribution in [2.75, 3.05) is 26.7 Å². The molecule has 1 aromatic carbocycles. The average molecular weight is 431 g/mol. The summed E-state index contributed by atoms with van der Waals surface area (Å²) in [6.07, 6.45) is 3.68. The van der Waals surface area contributed by atoms with Crippen LogP contribution in [0.1, 0.15) is 37.8 Å². The van der Waals surface area contributed by atoms with Crippen LogP contribution in [0.25, 0.3) is 0 Å². The molecule has 0 radical (unpaired) electrons. The van der Waals surface area contributed by atoms with Crippen LogP contribution in [-0.2, 0) is 17.7 Å². The summed E-state index contributed by atoms with van der Waals surface area (Å²) in [7, 11) is 2.09. The van der Waals surface area contributed by atoms with E-state index in [1.165, 1.54) is 11.1 Å². The second-order valence-corrected chi connectivity index (χ2v) is 5.86. The van der Waals surface area contributed by atoms with Gasteiger partial charge in [-0.1, -0.05) is 31.2 Å². The fraction of sp³-hybridized carbons (Fsp3) is 0.611. The number of nitrogens with one attached hydrogen (secondary N) is 1. The lowest BCUT2D eigenvalue weighted by molar-refractivity contribution is 0.117. The van der Waals surface area contributed by atoms with E-state index in [4.69, 9.17) is 9.73 Å². The van der Waals surface area contributed by atoms with Gasteiger partial charge >= 0.3 is 0 Å². The van der Waals surface area contributed by atoms with E-state index in [0.717, 1.165) is 51.5 Å². The predicted molar refractivity (Wildman–Crippen MR) is 108 cm³/mol. The zero-order chi connectivity index (χ0) is 15.8. The summed E-state index contributed by atoms with van der Waals surface area (Å²) in [6, 6.07) is 8.83. The molecule has 23 heavy (non-hydrogen) atoms. The van der Waals surface area contributed by atoms with Crippen molar-refractivity contribution in [3.63, 3.8) is 0 Å². The number of hydrogen-bond donors (Lipinski definition) is 1. The van der Waals surface area contributed by atoms with E-state index < -0.39 is 0 Å². The average Bonchev–Trinajstić information content (AvgIpc) is 3.05. The van der Waals surface area contributed by atoms with Gasteiger partial charge in [-0.05, 0) is 37.3 Å². The van der Waals surface area contributed by atoms with Crippen molar-refractivity contribution in [1.29, 1.82) is 0 Å². The van der Waals surface area contributed by atoms with Crippen molar-refractivity contribution in [3.05, 3.63) is 35.4 Å². The van der Waals surface area contributed by atoms with Gasteiger partial charge in [0.05, 0.1) is 12.6 Å². The quantitative estimate of drug-likeness (QED) is 0.426. The van der Waals surface area contributed by atoms with Crippen molar-refractivity contribution >= 4 is 29.9 Å². The molecule has 1 heterocycles. The molecule has 1 unspecified atom stereocenters. The Morgan fingerprint density at radius 2 is 1.96 bits per heavy atom. The van der Waals surface area contributed by atoms with E-state index in [-0.39, 0.29) is 24.0 Å². The predicted octanol–water partition coefficient (Wildman–Crippen LogP) is 3.44. The minimum atomic E-state index is 0. The van der Waals surface area contributed by atoms with E-state index >= 15 is 0 Å². The second-order valence-electron chi connectivity index (χ2n) is 5.86. The Balaban J connectivity index is 0.00000264. The largest absolute Gasteiger partial charge is 0.376 e. The third kappa shape index (κ3) is 6.67. The molecule has 1 aliphatic rings. The first-order valence-corrected chi connectivity index (χ1v) is 8.41. The second kappa shape index (κ2) is 10.9. The van der Waals surface area contributed by atoms with Gasteiger partial charge in [-0.3, -0.25) is 4.99 Å². The molecule has 0 aromatic heterocycles. The standard InChI is InChI=1S/C18H29N3O.HI/c1-4-15-8-10-16(11-9-15)14-21(3)18(19-5-2)20-13-17-7-6-12-22-17;/h8-11,17H,4-7,12-14H2,1-3H3,(H,19,20);1H. The summed E-state index contributed by atoms with van der Waals surface area (Å²) < 4.78 is 5.65. The maximum absolute atomic E-state index is 5.65. The first kappa shape index (κ1) is 20.2. The minimum Gasteiger partial charge on any atom is -0.376 e. The van der Waals surface area contributed by atoms with Crippen LogP contribution in [-0.4, -0.2) is 43.7 Å². The molecule has 5 heteroatoms. The van der Waals surface area contributed by atoms with Crippen molar-refractivity contribution in [2.45, 2.75) is 45.8 Å². The molecule has 1 atom stereocenters. The molecular weight excluding hydrogens is 401 g/mol. The zero-order valence-corrected chi connectivity index (χ0v) is 16.9. The number of guanidine groups is 1. The van der Waals surface area contributed by atoms with Crippen molar-refractivity contribution in [2.24, 2.45) is 4.99 Å². The number of hydrogen-bond acceptors (Lipinski definition) is 2. The maximum Gasteiger partial charge on any atom is 0.194 e. The Kier molecular flexibility index (Phi) is 9.55. The van der Waals surface area contributed by atoms with Crippen LogP contribution in [0.3, 0.4) is 0 Å². The molecule has 0 amide bonds. The zero-order valence-electron chi connectivity index (χ0n) is 14.5. The molecule has 0 spiro atoms. The van der Waals surface area contributed by atoms with Gasteiger partial charge in [0.25, 0.3) is 0 Å². The van der Waals surface area contributed by atoms with Crippen molar-refractivity contribution < 1.29 is 4.74 Å². The molecule has 2 rings (SSSR count). The lowest BCUT2D eigenvalue weighted by Gasteiger charge is -2.22. The fourth-order valence-corrected chi connectivity index (χ4v) is 2.68. The van der Waals surface area contributed by atoms with Gasteiger partial charge in [-0.15, -0.1) is 24.0 Å². The van der Waals surface area contributed by atoms with Gasteiger partial charge in [0.1, 0.15) is 0 Å². The minimum absolute atomic E-state index is 0. The molecule has 0 bridgehead atoms. The SMILES string of the molecule is CCNC(=NCC1CCCO1)N(C)Cc1ccc(CC)cc1.I. The molecule has 1 aromatic rings. The fourth-order valence-electron chi connectivity index (χ4n) is 2.68. The van der Waals surface area contributed by atoms with E-state index in [0.29, 0.717) is 6.10 Å². The topological polar surface area (TPSA) is 36.9 Å². The highest BCUT2D eigenvalue weighted by atomic mass is 127. The third-order valence-electron chi connectivity index (χ3n) is 4.02. The Morgan fingerprint density at radius 3 is 2.52 bits per heavy atom. The highest BCUT2D eigenvalue weighted by molar-refractivity contribution is 14.0. The Hall–Kier alpha value is -0.820. The number of nitrogens with zero attached hydrogens (tertiary/aromatic N) is 2. The first-order valence-electron chi connectivity index (χ1n) is 8.41. The van der Waals surface area contributed by atoms with Crippen LogP contribution < -0.4 is 5.32 Å². The Bertz CT molecular complexity index is 470. The van der Waals surface area contributed by atoms with Crippen molar-refractivity contribution in [1.82, 2.24) is 10.2 Å². The molecular formula is C18H30IN3O. The first-order chi connectivity index (χ1) is 10.7. The summed E-state index contributed by atoms with van der Waals surface area (Å²) >= 11 is 0. The van der Waals surface area contributed by atoms with Crippen LogP contribution >= 0.6 is 24.0 Å². The third-order valence-corrected chi connectivity index (χ3v) is 4.02. The van der Waals surface area contributed by atoms with Gasteiger partial charge in [0.15, 0.2) is 5.96 Å². The molecule has 1 aliphatic heterocycles. The molecule has 130 valence electrons. The van der Waals surface area contributed by atoms with Gasteiger partial charge in [-0.2, -0.15) is 0 Å². The van der Waals surface area contributed by atoms with E-state index in [1.807, 2.05) is 0 Å². The monoisotopic (exact) mass is 431 g/mol. The Labute approximate surface area is 157 Å². The summed E-state index contributed by atoms with van der Waals surface area (Å²) in [5.74, 6) is 0.956. The van der Waals surface area contributed by atoms with Crippen LogP contribution in [0, 0.1) is 0 Å². The van der Waals surface area contributed by atoms with Crippen LogP contribution in [0.4, 0.5) is 0 Å². The number of halogens is 1. The smallest absolute Gasteiger partial charge is 0.194 e. The lowest BCUT2D eigenvalue weighted by Crippen LogP contribution is -2.39. The van der Waals surface area contributed by atoms with Gasteiger partial charge in [-0.25, -0.2) is 0 Å². The van der Waals surface area contributed by atoms with Gasteiger partial charge in [0, 0.05) is 26.7 Å². The molecule has 1 N–H and O–H groups in total. The summed E-state index contributed by atoms with van der Waals surface area (Å²) in [5.41, 5.74) is 2.69. The number of ether oxygens (including phenoxy) is 1. The highest BCUT2D eigenvalue weighted by Gasteiger charge is 2.15. The lowest BCUT2D eigenvalue weighted by atomic mass is 10.1. The van der Waals surface area contributed by atoms with E-state index in [1.54, 1.807) is 0 Å². The summed E-state index contributed by atoms with van der Waals surface area (Å²) in [4.78, 5) is 6.91. The number of aryl methyl sites for hydroxylation is 1. The van der Waals surface area contributed by atoms with E-state index in [9.17, 15) is 0 Å². The number of rotatable bonds is 6. The molecule has 0 aliphatic carbocycles. The number of aliphatic imine (C=N–C) groups is 1. The molecule has 0 saturated carbocycles. The summed E-state index contributed by atoms with van der Waals surface area (Å²) in [6.45, 7) is 7.66. The van der Waals surface area contributed by atoms with Crippen molar-refractivity contribution in [3.8, 4) is 0 Å². The number of benzene rings is 1. The molecule has 4 nitrogen and oxygen atoms in total. The normalized spacial score (nSPS) is 17.7. The Morgan fingerprint density at radius 1 is 1.26 bits per heavy atom. The van der Waals surface area contributed by atoms with Gasteiger partial charge < -0.3 is 15.0 Å². The van der Waals surface area contributed by atoms with Crippen LogP contribution in [0.15, 0.2) is 29.3 Å². The van der Waals surface area contributed by atoms with Gasteiger partial charge in [0.2, 0.25) is 0 Å².